The van der Waals surface area contributed by atoms with E-state index < -0.39 is 0 Å². The molecule has 2 rings (SSSR count). The average Bonchev–Trinajstić information content (AvgIpc) is 2.97. The first-order valence-corrected chi connectivity index (χ1v) is 6.05. The van der Waals surface area contributed by atoms with Gasteiger partial charge in [-0.2, -0.15) is 0 Å². The fraction of sp³-hybridized carbons (Fsp3) is 0.583. The van der Waals surface area contributed by atoms with Crippen LogP contribution in [0.4, 0.5) is 0 Å². The standard InChI is InChI=1S/C12H19N3O2/c1-2-9-5-6-15(7-9)8-10-3-4-11(17-10)12(16)14-13/h3-4,9H,2,5-8,13H2,1H3,(H,14,16). The van der Waals surface area contributed by atoms with Gasteiger partial charge in [-0.25, -0.2) is 5.84 Å². The molecule has 0 spiro atoms. The highest BCUT2D eigenvalue weighted by Crippen LogP contribution is 2.21. The van der Waals surface area contributed by atoms with Crippen LogP contribution < -0.4 is 11.3 Å². The topological polar surface area (TPSA) is 71.5 Å². The van der Waals surface area contributed by atoms with Crippen LogP contribution in [0.2, 0.25) is 0 Å². The maximum atomic E-state index is 11.2. The van der Waals surface area contributed by atoms with Gasteiger partial charge in [0.2, 0.25) is 0 Å². The number of nitrogens with one attached hydrogen (secondary N) is 1. The molecule has 5 nitrogen and oxygen atoms in total. The van der Waals surface area contributed by atoms with E-state index in [4.69, 9.17) is 10.3 Å². The minimum Gasteiger partial charge on any atom is -0.455 e. The smallest absolute Gasteiger partial charge is 0.300 e. The Morgan fingerprint density at radius 3 is 3.12 bits per heavy atom. The highest BCUT2D eigenvalue weighted by atomic mass is 16.4. The van der Waals surface area contributed by atoms with Gasteiger partial charge in [0.05, 0.1) is 6.54 Å². The van der Waals surface area contributed by atoms with Gasteiger partial charge in [0.1, 0.15) is 5.76 Å². The molecule has 0 aliphatic carbocycles. The summed E-state index contributed by atoms with van der Waals surface area (Å²) >= 11 is 0. The van der Waals surface area contributed by atoms with Crippen molar-refractivity contribution in [2.75, 3.05) is 13.1 Å². The number of furan rings is 1. The molecule has 3 N–H and O–H groups in total. The largest absolute Gasteiger partial charge is 0.455 e. The molecule has 2 heterocycles. The lowest BCUT2D eigenvalue weighted by atomic mass is 10.1. The van der Waals surface area contributed by atoms with Crippen LogP contribution >= 0.6 is 0 Å². The molecule has 1 aliphatic heterocycles. The first-order valence-electron chi connectivity index (χ1n) is 6.05. The number of nitrogen functional groups attached to an aromatic ring is 1. The molecule has 1 aromatic heterocycles. The van der Waals surface area contributed by atoms with Crippen LogP contribution in [-0.2, 0) is 6.54 Å². The van der Waals surface area contributed by atoms with Crippen molar-refractivity contribution < 1.29 is 9.21 Å². The van der Waals surface area contributed by atoms with Crippen LogP contribution in [0, 0.1) is 5.92 Å². The van der Waals surface area contributed by atoms with Crippen molar-refractivity contribution in [3.05, 3.63) is 23.7 Å². The Hall–Kier alpha value is -1.33. The van der Waals surface area contributed by atoms with Gasteiger partial charge >= 0.3 is 5.91 Å². The van der Waals surface area contributed by atoms with Gasteiger partial charge in [-0.05, 0) is 31.0 Å². The molecule has 1 aromatic rings. The van der Waals surface area contributed by atoms with E-state index in [1.165, 1.54) is 12.8 Å². The number of hydrazine groups is 1. The molecule has 1 aliphatic rings. The van der Waals surface area contributed by atoms with Gasteiger partial charge < -0.3 is 4.42 Å². The van der Waals surface area contributed by atoms with E-state index in [1.54, 1.807) is 6.07 Å². The Balaban J connectivity index is 1.91. The zero-order valence-electron chi connectivity index (χ0n) is 10.1. The molecule has 0 aromatic carbocycles. The van der Waals surface area contributed by atoms with E-state index in [9.17, 15) is 4.79 Å². The third kappa shape index (κ3) is 2.87. The summed E-state index contributed by atoms with van der Waals surface area (Å²) < 4.78 is 5.43. The molecule has 1 atom stereocenters. The zero-order chi connectivity index (χ0) is 12.3. The lowest BCUT2D eigenvalue weighted by molar-refractivity contribution is 0.0922. The Morgan fingerprint density at radius 1 is 1.65 bits per heavy atom. The van der Waals surface area contributed by atoms with E-state index in [1.807, 2.05) is 6.07 Å². The van der Waals surface area contributed by atoms with Crippen molar-refractivity contribution in [2.45, 2.75) is 26.3 Å². The van der Waals surface area contributed by atoms with Gasteiger partial charge in [0.15, 0.2) is 5.76 Å². The Morgan fingerprint density at radius 2 is 2.47 bits per heavy atom. The normalized spacial score (nSPS) is 20.7. The third-order valence-corrected chi connectivity index (χ3v) is 3.34. The molecule has 1 saturated heterocycles. The molecule has 17 heavy (non-hydrogen) atoms. The molecule has 0 radical (unpaired) electrons. The summed E-state index contributed by atoms with van der Waals surface area (Å²) in [6.07, 6.45) is 2.49. The second kappa shape index (κ2) is 5.33. The number of likely N-dealkylation sites (tertiary alicyclic amines) is 1. The monoisotopic (exact) mass is 237 g/mol. The SMILES string of the molecule is CCC1CCN(Cc2ccc(C(=O)NN)o2)C1. The van der Waals surface area contributed by atoms with Crippen molar-refractivity contribution in [3.8, 4) is 0 Å². The number of amides is 1. The predicted octanol–water partition coefficient (Wildman–Crippen LogP) is 1.12. The number of rotatable bonds is 4. The van der Waals surface area contributed by atoms with E-state index in [0.717, 1.165) is 31.3 Å². The van der Waals surface area contributed by atoms with Crippen LogP contribution in [-0.4, -0.2) is 23.9 Å². The summed E-state index contributed by atoms with van der Waals surface area (Å²) in [7, 11) is 0. The summed E-state index contributed by atoms with van der Waals surface area (Å²) in [4.78, 5) is 13.6. The van der Waals surface area contributed by atoms with Gasteiger partial charge in [-0.1, -0.05) is 13.3 Å². The summed E-state index contributed by atoms with van der Waals surface area (Å²) in [6.45, 7) is 5.23. The lowest BCUT2D eigenvalue weighted by Crippen LogP contribution is -2.29. The van der Waals surface area contributed by atoms with E-state index in [0.29, 0.717) is 0 Å². The van der Waals surface area contributed by atoms with Crippen molar-refractivity contribution in [1.82, 2.24) is 10.3 Å². The third-order valence-electron chi connectivity index (χ3n) is 3.34. The number of nitrogens with zero attached hydrogens (tertiary/aromatic N) is 1. The Bertz CT molecular complexity index is 389. The molecule has 1 unspecified atom stereocenters. The van der Waals surface area contributed by atoms with Crippen LogP contribution in [0.15, 0.2) is 16.5 Å². The number of nitrogens with two attached hydrogens (primary N) is 1. The van der Waals surface area contributed by atoms with E-state index in [2.05, 4.69) is 17.2 Å². The van der Waals surface area contributed by atoms with Crippen LogP contribution in [0.3, 0.4) is 0 Å². The maximum absolute atomic E-state index is 11.2. The summed E-state index contributed by atoms with van der Waals surface area (Å²) in [5.41, 5.74) is 2.06. The predicted molar refractivity (Wildman–Crippen MR) is 64.0 cm³/mol. The minimum atomic E-state index is -0.385. The van der Waals surface area contributed by atoms with Gasteiger partial charge in [-0.15, -0.1) is 0 Å². The van der Waals surface area contributed by atoms with Gasteiger partial charge in [0, 0.05) is 6.54 Å². The van der Waals surface area contributed by atoms with Crippen molar-refractivity contribution in [2.24, 2.45) is 11.8 Å². The molecule has 0 bridgehead atoms. The van der Waals surface area contributed by atoms with Crippen LogP contribution in [0.25, 0.3) is 0 Å². The molecule has 0 saturated carbocycles. The van der Waals surface area contributed by atoms with Crippen molar-refractivity contribution in [3.63, 3.8) is 0 Å². The first-order chi connectivity index (χ1) is 8.22. The van der Waals surface area contributed by atoms with Gasteiger partial charge in [0.25, 0.3) is 0 Å². The molecule has 1 fully saturated rings. The lowest BCUT2D eigenvalue weighted by Gasteiger charge is -2.13. The maximum Gasteiger partial charge on any atom is 0.300 e. The number of carbonyl (C=O) groups is 1. The van der Waals surface area contributed by atoms with E-state index in [-0.39, 0.29) is 11.7 Å². The number of hydrogen-bond acceptors (Lipinski definition) is 4. The molecule has 94 valence electrons. The first kappa shape index (κ1) is 12.1. The minimum absolute atomic E-state index is 0.272. The Labute approximate surface area is 101 Å². The highest BCUT2D eigenvalue weighted by molar-refractivity contribution is 5.90. The summed E-state index contributed by atoms with van der Waals surface area (Å²) in [5, 5.41) is 0. The molecule has 5 heteroatoms. The highest BCUT2D eigenvalue weighted by Gasteiger charge is 2.22. The fourth-order valence-electron chi connectivity index (χ4n) is 2.27. The van der Waals surface area contributed by atoms with Crippen LogP contribution in [0.5, 0.6) is 0 Å². The number of carbonyl (C=O) groups excluding carboxylic acids is 1. The molecule has 1 amide bonds. The van der Waals surface area contributed by atoms with Gasteiger partial charge in [-0.3, -0.25) is 15.1 Å². The molecular weight excluding hydrogens is 218 g/mol. The molecular formula is C12H19N3O2. The number of hydrogen-bond donors (Lipinski definition) is 2. The van der Waals surface area contributed by atoms with E-state index >= 15 is 0 Å². The fourth-order valence-corrected chi connectivity index (χ4v) is 2.27. The zero-order valence-corrected chi connectivity index (χ0v) is 10.1. The second-order valence-corrected chi connectivity index (χ2v) is 4.54. The Kier molecular flexibility index (Phi) is 3.81. The quantitative estimate of drug-likeness (QED) is 0.467. The summed E-state index contributed by atoms with van der Waals surface area (Å²) in [6, 6.07) is 3.49. The second-order valence-electron chi connectivity index (χ2n) is 4.54. The summed E-state index contributed by atoms with van der Waals surface area (Å²) in [5.74, 6) is 6.55. The van der Waals surface area contributed by atoms with Crippen molar-refractivity contribution >= 4 is 5.91 Å². The van der Waals surface area contributed by atoms with Crippen molar-refractivity contribution in [1.29, 1.82) is 0 Å². The average molecular weight is 237 g/mol. The van der Waals surface area contributed by atoms with Crippen LogP contribution in [0.1, 0.15) is 36.1 Å².